The van der Waals surface area contributed by atoms with Gasteiger partial charge in [-0.15, -0.1) is 11.8 Å². The second-order valence-electron chi connectivity index (χ2n) is 4.78. The first kappa shape index (κ1) is 17.2. The summed E-state index contributed by atoms with van der Waals surface area (Å²) in [5, 5.41) is 4.81. The summed E-state index contributed by atoms with van der Waals surface area (Å²) in [7, 11) is 0. The van der Waals surface area contributed by atoms with Gasteiger partial charge in [-0.1, -0.05) is 49.4 Å². The average Bonchev–Trinajstić information content (AvgIpc) is 2.39. The van der Waals surface area contributed by atoms with Crippen LogP contribution < -0.4 is 5.32 Å². The molecule has 0 saturated carbocycles. The van der Waals surface area contributed by atoms with E-state index in [1.165, 1.54) is 30.6 Å². The summed E-state index contributed by atoms with van der Waals surface area (Å²) < 4.78 is 0. The Hall–Kier alpha value is 0.110. The molecule has 1 aromatic carbocycles. The highest BCUT2D eigenvalue weighted by Gasteiger charge is 2.02. The number of hydrogen-bond acceptors (Lipinski definition) is 2. The van der Waals surface area contributed by atoms with Gasteiger partial charge < -0.3 is 5.32 Å². The van der Waals surface area contributed by atoms with E-state index >= 15 is 0 Å². The van der Waals surface area contributed by atoms with Gasteiger partial charge >= 0.3 is 0 Å². The molecule has 0 aromatic heterocycles. The van der Waals surface area contributed by atoms with Crippen molar-refractivity contribution in [3.05, 3.63) is 28.2 Å². The summed E-state index contributed by atoms with van der Waals surface area (Å²) in [6, 6.07) is 6.41. The minimum atomic E-state index is 0.612. The molecule has 0 spiro atoms. The van der Waals surface area contributed by atoms with Gasteiger partial charge in [0, 0.05) is 23.2 Å². The molecular formula is C15H23Cl2NS. The van der Waals surface area contributed by atoms with Crippen LogP contribution in [-0.4, -0.2) is 18.3 Å². The van der Waals surface area contributed by atoms with E-state index in [-0.39, 0.29) is 0 Å². The maximum Gasteiger partial charge on any atom is 0.0603 e. The minimum Gasteiger partial charge on any atom is -0.313 e. The predicted molar refractivity (Wildman–Crippen MR) is 88.8 cm³/mol. The van der Waals surface area contributed by atoms with E-state index in [2.05, 4.69) is 19.2 Å². The van der Waals surface area contributed by atoms with Gasteiger partial charge in [0.15, 0.2) is 0 Å². The Balaban J connectivity index is 2.14. The molecule has 0 saturated heterocycles. The van der Waals surface area contributed by atoms with Gasteiger partial charge in [-0.3, -0.25) is 0 Å². The van der Waals surface area contributed by atoms with Crippen molar-refractivity contribution in [2.75, 3.05) is 12.3 Å². The molecule has 108 valence electrons. The van der Waals surface area contributed by atoms with Gasteiger partial charge in [0.2, 0.25) is 0 Å². The number of rotatable bonds is 9. The summed E-state index contributed by atoms with van der Waals surface area (Å²) in [5.41, 5.74) is 0. The maximum atomic E-state index is 5.99. The fraction of sp³-hybridized carbons (Fsp3) is 0.600. The van der Waals surface area contributed by atoms with Crippen molar-refractivity contribution in [3.63, 3.8) is 0 Å². The number of thioether (sulfide) groups is 1. The van der Waals surface area contributed by atoms with Crippen LogP contribution in [0.5, 0.6) is 0 Å². The maximum absolute atomic E-state index is 5.99. The average molecular weight is 320 g/mol. The molecule has 1 nitrogen and oxygen atoms in total. The van der Waals surface area contributed by atoms with E-state index in [4.69, 9.17) is 23.2 Å². The zero-order valence-corrected chi connectivity index (χ0v) is 14.0. The molecule has 0 amide bonds. The molecule has 1 rings (SSSR count). The topological polar surface area (TPSA) is 12.0 Å². The Morgan fingerprint density at radius 2 is 2.00 bits per heavy atom. The van der Waals surface area contributed by atoms with Crippen molar-refractivity contribution in [2.45, 2.75) is 50.5 Å². The summed E-state index contributed by atoms with van der Waals surface area (Å²) in [6.07, 6.45) is 5.22. The van der Waals surface area contributed by atoms with Crippen LogP contribution in [0.2, 0.25) is 10.0 Å². The molecule has 1 aromatic rings. The quantitative estimate of drug-likeness (QED) is 0.466. The molecule has 0 aliphatic carbocycles. The SMILES string of the molecule is CCCCCC(C)NCCSc1ccc(Cl)c(Cl)c1. The fourth-order valence-electron chi connectivity index (χ4n) is 1.84. The van der Waals surface area contributed by atoms with E-state index in [0.717, 1.165) is 12.3 Å². The third-order valence-corrected chi connectivity index (χ3v) is 4.73. The summed E-state index contributed by atoms with van der Waals surface area (Å²) in [6.45, 7) is 5.53. The smallest absolute Gasteiger partial charge is 0.0603 e. The lowest BCUT2D eigenvalue weighted by atomic mass is 10.1. The standard InChI is InChI=1S/C15H23Cl2NS/c1-3-4-5-6-12(2)18-9-10-19-13-7-8-14(16)15(17)11-13/h7-8,11-12,18H,3-6,9-10H2,1-2H3. The van der Waals surface area contributed by atoms with Crippen LogP contribution >= 0.6 is 35.0 Å². The first-order valence-electron chi connectivity index (χ1n) is 6.94. The lowest BCUT2D eigenvalue weighted by molar-refractivity contribution is 0.502. The van der Waals surface area contributed by atoms with E-state index in [9.17, 15) is 0 Å². The molecule has 1 atom stereocenters. The highest BCUT2D eigenvalue weighted by atomic mass is 35.5. The number of benzene rings is 1. The Kier molecular flexibility index (Phi) is 8.97. The van der Waals surface area contributed by atoms with Crippen LogP contribution in [0.25, 0.3) is 0 Å². The third kappa shape index (κ3) is 7.45. The summed E-state index contributed by atoms with van der Waals surface area (Å²) in [4.78, 5) is 1.18. The molecule has 1 unspecified atom stereocenters. The molecule has 0 bridgehead atoms. The van der Waals surface area contributed by atoms with E-state index in [0.29, 0.717) is 16.1 Å². The van der Waals surface area contributed by atoms with Crippen LogP contribution in [0.4, 0.5) is 0 Å². The molecule has 0 radical (unpaired) electrons. The van der Waals surface area contributed by atoms with Crippen molar-refractivity contribution >= 4 is 35.0 Å². The van der Waals surface area contributed by atoms with Crippen LogP contribution in [-0.2, 0) is 0 Å². The second-order valence-corrected chi connectivity index (χ2v) is 6.76. The van der Waals surface area contributed by atoms with Gasteiger partial charge in [0.25, 0.3) is 0 Å². The molecule has 19 heavy (non-hydrogen) atoms. The van der Waals surface area contributed by atoms with Crippen LogP contribution in [0, 0.1) is 0 Å². The van der Waals surface area contributed by atoms with Crippen LogP contribution in [0.1, 0.15) is 39.5 Å². The Bertz CT molecular complexity index is 371. The van der Waals surface area contributed by atoms with Crippen molar-refractivity contribution in [1.82, 2.24) is 5.32 Å². The lowest BCUT2D eigenvalue weighted by Gasteiger charge is -2.13. The van der Waals surface area contributed by atoms with Crippen LogP contribution in [0.15, 0.2) is 23.1 Å². The highest BCUT2D eigenvalue weighted by Crippen LogP contribution is 2.27. The number of halogens is 2. The monoisotopic (exact) mass is 319 g/mol. The van der Waals surface area contributed by atoms with Gasteiger partial charge in [0.05, 0.1) is 10.0 Å². The van der Waals surface area contributed by atoms with Crippen molar-refractivity contribution in [3.8, 4) is 0 Å². The van der Waals surface area contributed by atoms with E-state index in [1.54, 1.807) is 0 Å². The normalized spacial score (nSPS) is 12.6. The molecular weight excluding hydrogens is 297 g/mol. The first-order chi connectivity index (χ1) is 9.13. The molecule has 0 aliphatic rings. The number of nitrogens with one attached hydrogen (secondary N) is 1. The molecule has 4 heteroatoms. The third-order valence-electron chi connectivity index (χ3n) is 3.00. The van der Waals surface area contributed by atoms with Crippen LogP contribution in [0.3, 0.4) is 0 Å². The van der Waals surface area contributed by atoms with E-state index in [1.807, 2.05) is 30.0 Å². The highest BCUT2D eigenvalue weighted by molar-refractivity contribution is 7.99. The zero-order chi connectivity index (χ0) is 14.1. The van der Waals surface area contributed by atoms with Crippen molar-refractivity contribution < 1.29 is 0 Å². The fourth-order valence-corrected chi connectivity index (χ4v) is 3.03. The van der Waals surface area contributed by atoms with Gasteiger partial charge in [0.1, 0.15) is 0 Å². The Morgan fingerprint density at radius 1 is 1.21 bits per heavy atom. The second kappa shape index (κ2) is 9.93. The number of hydrogen-bond donors (Lipinski definition) is 1. The van der Waals surface area contributed by atoms with Crippen molar-refractivity contribution in [2.24, 2.45) is 0 Å². The Labute approximate surface area is 131 Å². The Morgan fingerprint density at radius 3 is 2.68 bits per heavy atom. The summed E-state index contributed by atoms with van der Waals surface area (Å²) >= 11 is 13.7. The number of unbranched alkanes of at least 4 members (excludes halogenated alkanes) is 2. The molecule has 0 aliphatic heterocycles. The van der Waals surface area contributed by atoms with Gasteiger partial charge in [-0.25, -0.2) is 0 Å². The van der Waals surface area contributed by atoms with Crippen molar-refractivity contribution in [1.29, 1.82) is 0 Å². The summed E-state index contributed by atoms with van der Waals surface area (Å²) in [5.74, 6) is 1.05. The molecule has 0 heterocycles. The largest absolute Gasteiger partial charge is 0.313 e. The predicted octanol–water partition coefficient (Wildman–Crippen LogP) is 5.64. The zero-order valence-electron chi connectivity index (χ0n) is 11.7. The first-order valence-corrected chi connectivity index (χ1v) is 8.69. The van der Waals surface area contributed by atoms with Gasteiger partial charge in [-0.2, -0.15) is 0 Å². The lowest BCUT2D eigenvalue weighted by Crippen LogP contribution is -2.28. The minimum absolute atomic E-state index is 0.612. The molecule has 1 N–H and O–H groups in total. The molecule has 0 fully saturated rings. The van der Waals surface area contributed by atoms with E-state index < -0.39 is 0 Å². The van der Waals surface area contributed by atoms with Gasteiger partial charge in [-0.05, 0) is 31.5 Å².